The summed E-state index contributed by atoms with van der Waals surface area (Å²) in [5.74, 6) is 1.22. The molecule has 1 aromatic carbocycles. The number of nitrogens with one attached hydrogen (secondary N) is 1. The van der Waals surface area contributed by atoms with Crippen molar-refractivity contribution in [2.24, 2.45) is 0 Å². The molecule has 4 heteroatoms. The smallest absolute Gasteiger partial charge is 0.219 e. The predicted octanol–water partition coefficient (Wildman–Crippen LogP) is 2.44. The van der Waals surface area contributed by atoms with Gasteiger partial charge in [0.2, 0.25) is 12.3 Å². The van der Waals surface area contributed by atoms with Gasteiger partial charge < -0.3 is 10.1 Å². The van der Waals surface area contributed by atoms with Crippen LogP contribution in [0.5, 0.6) is 11.6 Å². The van der Waals surface area contributed by atoms with Gasteiger partial charge in [-0.3, -0.25) is 4.79 Å². The average molecular weight is 214 g/mol. The Balaban J connectivity index is 2.08. The number of rotatable bonds is 4. The topological polar surface area (TPSA) is 51.2 Å². The quantitative estimate of drug-likeness (QED) is 0.795. The van der Waals surface area contributed by atoms with Gasteiger partial charge in [0, 0.05) is 6.07 Å². The first-order chi connectivity index (χ1) is 7.88. The lowest BCUT2D eigenvalue weighted by atomic mass is 10.3. The van der Waals surface area contributed by atoms with Crippen molar-refractivity contribution in [1.29, 1.82) is 0 Å². The van der Waals surface area contributed by atoms with E-state index in [9.17, 15) is 4.79 Å². The molecule has 0 unspecified atom stereocenters. The van der Waals surface area contributed by atoms with Crippen molar-refractivity contribution in [3.8, 4) is 11.6 Å². The summed E-state index contributed by atoms with van der Waals surface area (Å²) in [6, 6.07) is 12.8. The van der Waals surface area contributed by atoms with Crippen LogP contribution in [0.15, 0.2) is 48.7 Å². The Hall–Kier alpha value is -2.36. The summed E-state index contributed by atoms with van der Waals surface area (Å²) < 4.78 is 5.48. The number of nitrogens with zero attached hydrogens (tertiary/aromatic N) is 1. The van der Waals surface area contributed by atoms with Gasteiger partial charge in [0.25, 0.3) is 0 Å². The number of hydrogen-bond acceptors (Lipinski definition) is 3. The number of ether oxygens (including phenoxy) is 1. The summed E-state index contributed by atoms with van der Waals surface area (Å²) >= 11 is 0. The van der Waals surface area contributed by atoms with Crippen LogP contribution in [-0.2, 0) is 4.79 Å². The molecular weight excluding hydrogens is 204 g/mol. The Kier molecular flexibility index (Phi) is 3.13. The van der Waals surface area contributed by atoms with E-state index < -0.39 is 0 Å². The van der Waals surface area contributed by atoms with E-state index >= 15 is 0 Å². The summed E-state index contributed by atoms with van der Waals surface area (Å²) in [6.45, 7) is 0. The van der Waals surface area contributed by atoms with Crippen molar-refractivity contribution in [2.45, 2.75) is 0 Å². The molecule has 1 N–H and O–H groups in total. The summed E-state index contributed by atoms with van der Waals surface area (Å²) in [5, 5.41) is 2.50. The largest absolute Gasteiger partial charge is 0.439 e. The monoisotopic (exact) mass is 214 g/mol. The maximum Gasteiger partial charge on any atom is 0.219 e. The summed E-state index contributed by atoms with van der Waals surface area (Å²) in [5.41, 5.74) is 0.635. The lowest BCUT2D eigenvalue weighted by molar-refractivity contribution is -0.105. The third-order valence-electron chi connectivity index (χ3n) is 1.93. The van der Waals surface area contributed by atoms with Gasteiger partial charge in [0.1, 0.15) is 5.75 Å². The number of aromatic nitrogens is 1. The SMILES string of the molecule is O=CNc1ccc(Oc2ccccc2)nc1. The van der Waals surface area contributed by atoms with Crippen LogP contribution >= 0.6 is 0 Å². The van der Waals surface area contributed by atoms with Gasteiger partial charge in [-0.25, -0.2) is 4.98 Å². The Morgan fingerprint density at radius 2 is 1.94 bits per heavy atom. The van der Waals surface area contributed by atoms with Crippen LogP contribution in [0.2, 0.25) is 0 Å². The van der Waals surface area contributed by atoms with Crippen LogP contribution in [0.3, 0.4) is 0 Å². The molecule has 0 aliphatic rings. The maximum atomic E-state index is 10.2. The van der Waals surface area contributed by atoms with Crippen molar-refractivity contribution in [3.63, 3.8) is 0 Å². The van der Waals surface area contributed by atoms with Crippen molar-refractivity contribution in [1.82, 2.24) is 4.98 Å². The van der Waals surface area contributed by atoms with Gasteiger partial charge in [0.15, 0.2) is 0 Å². The number of benzene rings is 1. The maximum absolute atomic E-state index is 10.2. The highest BCUT2D eigenvalue weighted by molar-refractivity contribution is 5.70. The normalized spacial score (nSPS) is 9.50. The van der Waals surface area contributed by atoms with Gasteiger partial charge in [-0.05, 0) is 18.2 Å². The van der Waals surface area contributed by atoms with Gasteiger partial charge in [-0.1, -0.05) is 18.2 Å². The molecule has 0 saturated carbocycles. The Bertz CT molecular complexity index is 454. The number of pyridine rings is 1. The van der Waals surface area contributed by atoms with Crippen LogP contribution in [0.4, 0.5) is 5.69 Å². The second kappa shape index (κ2) is 4.93. The van der Waals surface area contributed by atoms with E-state index in [-0.39, 0.29) is 0 Å². The molecule has 0 aliphatic carbocycles. The molecule has 2 rings (SSSR count). The highest BCUT2D eigenvalue weighted by atomic mass is 16.5. The van der Waals surface area contributed by atoms with Crippen LogP contribution in [-0.4, -0.2) is 11.4 Å². The minimum Gasteiger partial charge on any atom is -0.439 e. The molecule has 1 aromatic heterocycles. The van der Waals surface area contributed by atoms with Gasteiger partial charge in [-0.2, -0.15) is 0 Å². The van der Waals surface area contributed by atoms with Gasteiger partial charge >= 0.3 is 0 Å². The zero-order chi connectivity index (χ0) is 11.2. The third-order valence-corrected chi connectivity index (χ3v) is 1.93. The molecule has 2 aromatic rings. The van der Waals surface area contributed by atoms with Crippen molar-refractivity contribution in [2.75, 3.05) is 5.32 Å². The number of carbonyl (C=O) groups is 1. The molecular formula is C12H10N2O2. The van der Waals surface area contributed by atoms with Crippen LogP contribution in [0.25, 0.3) is 0 Å². The highest BCUT2D eigenvalue weighted by Crippen LogP contribution is 2.19. The standard InChI is InChI=1S/C12H10N2O2/c15-9-14-10-6-7-12(13-8-10)16-11-4-2-1-3-5-11/h1-9H,(H,14,15). The first kappa shape index (κ1) is 10.2. The van der Waals surface area contributed by atoms with Crippen molar-refractivity contribution in [3.05, 3.63) is 48.7 Å². The Labute approximate surface area is 92.9 Å². The molecule has 0 fully saturated rings. The van der Waals surface area contributed by atoms with E-state index in [1.165, 1.54) is 6.20 Å². The Morgan fingerprint density at radius 3 is 2.56 bits per heavy atom. The lowest BCUT2D eigenvalue weighted by Gasteiger charge is -2.04. The predicted molar refractivity (Wildman–Crippen MR) is 60.4 cm³/mol. The minimum atomic E-state index is 0.489. The number of carbonyl (C=O) groups excluding carboxylic acids is 1. The van der Waals surface area contributed by atoms with E-state index in [0.717, 1.165) is 5.75 Å². The van der Waals surface area contributed by atoms with E-state index in [1.54, 1.807) is 12.1 Å². The highest BCUT2D eigenvalue weighted by Gasteiger charge is 1.97. The molecule has 80 valence electrons. The van der Waals surface area contributed by atoms with E-state index in [2.05, 4.69) is 10.3 Å². The van der Waals surface area contributed by atoms with E-state index in [4.69, 9.17) is 4.74 Å². The first-order valence-electron chi connectivity index (χ1n) is 4.77. The number of hydrogen-bond donors (Lipinski definition) is 1. The summed E-state index contributed by atoms with van der Waals surface area (Å²) in [4.78, 5) is 14.2. The molecule has 0 radical (unpaired) electrons. The molecule has 0 saturated heterocycles. The second-order valence-corrected chi connectivity index (χ2v) is 3.06. The fourth-order valence-corrected chi connectivity index (χ4v) is 1.20. The van der Waals surface area contributed by atoms with Crippen LogP contribution in [0, 0.1) is 0 Å². The molecule has 0 aliphatic heterocycles. The van der Waals surface area contributed by atoms with Gasteiger partial charge in [-0.15, -0.1) is 0 Å². The lowest BCUT2D eigenvalue weighted by Crippen LogP contribution is -1.94. The molecule has 0 spiro atoms. The van der Waals surface area contributed by atoms with E-state index in [1.807, 2.05) is 30.3 Å². The van der Waals surface area contributed by atoms with Gasteiger partial charge in [0.05, 0.1) is 11.9 Å². The minimum absolute atomic E-state index is 0.489. The van der Waals surface area contributed by atoms with Crippen LogP contribution in [0.1, 0.15) is 0 Å². The zero-order valence-electron chi connectivity index (χ0n) is 8.46. The first-order valence-corrected chi connectivity index (χ1v) is 4.77. The third kappa shape index (κ3) is 2.57. The second-order valence-electron chi connectivity index (χ2n) is 3.06. The summed E-state index contributed by atoms with van der Waals surface area (Å²) in [6.07, 6.45) is 2.14. The molecule has 16 heavy (non-hydrogen) atoms. The van der Waals surface area contributed by atoms with Crippen molar-refractivity contribution < 1.29 is 9.53 Å². The molecule has 4 nitrogen and oxygen atoms in total. The molecule has 0 atom stereocenters. The fourth-order valence-electron chi connectivity index (χ4n) is 1.20. The molecule has 1 amide bonds. The number of anilines is 1. The zero-order valence-corrected chi connectivity index (χ0v) is 8.46. The number of amides is 1. The van der Waals surface area contributed by atoms with E-state index in [0.29, 0.717) is 18.0 Å². The summed E-state index contributed by atoms with van der Waals surface area (Å²) in [7, 11) is 0. The fraction of sp³-hybridized carbons (Fsp3) is 0. The van der Waals surface area contributed by atoms with Crippen molar-refractivity contribution >= 4 is 12.1 Å². The average Bonchev–Trinajstić information content (AvgIpc) is 2.33. The Morgan fingerprint density at radius 1 is 1.12 bits per heavy atom. The molecule has 0 bridgehead atoms. The van der Waals surface area contributed by atoms with Crippen LogP contribution < -0.4 is 10.1 Å². The number of para-hydroxylation sites is 1. The molecule has 1 heterocycles.